The highest BCUT2D eigenvalue weighted by atomic mass is 79.9. The van der Waals surface area contributed by atoms with Gasteiger partial charge in [0.2, 0.25) is 0 Å². The zero-order valence-electron chi connectivity index (χ0n) is 43.1. The molecule has 0 aliphatic carbocycles. The Hall–Kier alpha value is -5.67. The van der Waals surface area contributed by atoms with Gasteiger partial charge in [-0.25, -0.2) is 37.1 Å². The fraction of sp³-hybridized carbons (Fsp3) is 0.462. The van der Waals surface area contributed by atoms with Crippen LogP contribution in [0.4, 0.5) is 17.6 Å². The molecule has 8 rings (SSSR count). The molecule has 0 spiro atoms. The number of carbonyl (C=O) groups excluding carboxylic acids is 2. The minimum atomic E-state index is -1.12. The lowest BCUT2D eigenvalue weighted by atomic mass is 9.93. The van der Waals surface area contributed by atoms with Crippen LogP contribution in [-0.2, 0) is 28.7 Å². The molecule has 4 aliphatic heterocycles. The summed E-state index contributed by atoms with van der Waals surface area (Å²) in [4.78, 5) is 74.2. The van der Waals surface area contributed by atoms with E-state index >= 15 is 0 Å². The number of carbonyl (C=O) groups is 4. The highest BCUT2D eigenvalue weighted by Crippen LogP contribution is 2.39. The fourth-order valence-electron chi connectivity index (χ4n) is 10.0. The molecule has 0 bridgehead atoms. The first-order valence-electron chi connectivity index (χ1n) is 25.0. The van der Waals surface area contributed by atoms with Gasteiger partial charge in [0.25, 0.3) is 0 Å². The highest BCUT2D eigenvalue weighted by molar-refractivity contribution is 9.10. The summed E-state index contributed by atoms with van der Waals surface area (Å²) < 4.78 is 68.8. The molecule has 78 heavy (non-hydrogen) atoms. The van der Waals surface area contributed by atoms with Crippen LogP contribution in [0.15, 0.2) is 96.5 Å². The molecule has 2 fully saturated rings. The average molecular weight is 1210 g/mol. The fourth-order valence-corrected chi connectivity index (χ4v) is 12.1. The Labute approximate surface area is 470 Å². The minimum Gasteiger partial charge on any atom is -0.480 e. The monoisotopic (exact) mass is 1210 g/mol. The molecular weight excluding hydrogens is 1150 g/mol. The second kappa shape index (κ2) is 28.0. The van der Waals surface area contributed by atoms with Crippen molar-refractivity contribution in [2.45, 2.75) is 51.1 Å². The number of nitrogens with one attached hydrogen (secondary N) is 2. The van der Waals surface area contributed by atoms with E-state index in [-0.39, 0.29) is 80.5 Å². The second-order valence-corrected chi connectivity index (χ2v) is 22.3. The number of carboxylic acids is 2. The number of likely N-dealkylation sites (tertiary alicyclic amines) is 2. The zero-order chi connectivity index (χ0) is 56.2. The Kier molecular flexibility index (Phi) is 21.5. The number of carboxylic acid groups (broad SMARTS) is 2. The maximum absolute atomic E-state index is 14.9. The number of esters is 2. The molecule has 2 aromatic heterocycles. The third-order valence-electron chi connectivity index (χ3n) is 12.9. The van der Waals surface area contributed by atoms with Crippen LogP contribution in [0.2, 0.25) is 5.02 Å². The Morgan fingerprint density at radius 1 is 0.718 bits per heavy atom. The van der Waals surface area contributed by atoms with E-state index in [2.05, 4.69) is 36.5 Å². The van der Waals surface area contributed by atoms with Gasteiger partial charge >= 0.3 is 23.9 Å². The van der Waals surface area contributed by atoms with Gasteiger partial charge in [-0.3, -0.25) is 39.2 Å². The van der Waals surface area contributed by atoms with Gasteiger partial charge in [-0.05, 0) is 82.4 Å². The number of benzene rings is 2. The van der Waals surface area contributed by atoms with Crippen LogP contribution in [0.3, 0.4) is 0 Å². The Balaban J connectivity index is 0.000000226. The van der Waals surface area contributed by atoms with Gasteiger partial charge in [-0.15, -0.1) is 22.7 Å². The maximum Gasteiger partial charge on any atom is 0.338 e. The molecule has 2 saturated heterocycles. The van der Waals surface area contributed by atoms with Crippen LogP contribution in [0, 0.1) is 23.5 Å². The summed E-state index contributed by atoms with van der Waals surface area (Å²) in [5.41, 5.74) is 2.41. The standard InChI is InChI=1S/C26H30BrF2N5O4S.C26H30ClF2N5O4S/c2*1-3-38-26(37)22-20(13-34-11-15(8-17(29)12-34)10-33(2)14-21(35)36)31-24(25-30-6-7-39-25)32-23(22)18-5-4-16(28)9-19(18)27/h2*4-7,9,15,17,23H,3,8,10-14H2,1-2H3,(H,31,32)(H,35,36). The molecule has 6 unspecified atom stereocenters. The smallest absolute Gasteiger partial charge is 0.338 e. The summed E-state index contributed by atoms with van der Waals surface area (Å²) in [5.74, 6) is -3.39. The first kappa shape index (κ1) is 60.0. The van der Waals surface area contributed by atoms with Crippen molar-refractivity contribution in [1.29, 1.82) is 0 Å². The van der Waals surface area contributed by atoms with Gasteiger partial charge in [0.1, 0.15) is 36.1 Å². The van der Waals surface area contributed by atoms with Crippen LogP contribution in [0.25, 0.3) is 0 Å². The Morgan fingerprint density at radius 2 is 1.15 bits per heavy atom. The van der Waals surface area contributed by atoms with Gasteiger partial charge in [0.15, 0.2) is 21.7 Å². The van der Waals surface area contributed by atoms with Gasteiger partial charge in [0, 0.05) is 102 Å². The van der Waals surface area contributed by atoms with E-state index < -0.39 is 59.9 Å². The molecular formula is C52H60BrClF4N10O8S2. The summed E-state index contributed by atoms with van der Waals surface area (Å²) in [5, 5.41) is 29.5. The second-order valence-electron chi connectivity index (χ2n) is 19.2. The lowest BCUT2D eigenvalue weighted by molar-refractivity contribution is -0.139. The number of aromatic nitrogens is 2. The van der Waals surface area contributed by atoms with Crippen LogP contribution >= 0.6 is 50.2 Å². The van der Waals surface area contributed by atoms with Crippen LogP contribution in [0.1, 0.15) is 59.9 Å². The first-order valence-corrected chi connectivity index (χ1v) is 27.9. The molecule has 6 heterocycles. The average Bonchev–Trinajstić information content (AvgIpc) is 4.16. The number of halogens is 6. The number of thiazole rings is 2. The number of hydrogen-bond acceptors (Lipinski definition) is 18. The van der Waals surface area contributed by atoms with Crippen molar-refractivity contribution in [3.8, 4) is 0 Å². The van der Waals surface area contributed by atoms with Crippen molar-refractivity contribution in [1.82, 2.24) is 40.2 Å². The van der Waals surface area contributed by atoms with Gasteiger partial charge in [-0.1, -0.05) is 39.7 Å². The maximum atomic E-state index is 14.9. The van der Waals surface area contributed by atoms with Gasteiger partial charge < -0.3 is 30.3 Å². The molecule has 0 radical (unpaired) electrons. The lowest BCUT2D eigenvalue weighted by Crippen LogP contribution is -2.48. The number of aliphatic imine (C=N–C) groups is 2. The van der Waals surface area contributed by atoms with E-state index in [1.54, 1.807) is 61.6 Å². The molecule has 6 atom stereocenters. The van der Waals surface area contributed by atoms with Gasteiger partial charge in [0.05, 0.1) is 37.4 Å². The Morgan fingerprint density at radius 3 is 1.55 bits per heavy atom. The predicted molar refractivity (Wildman–Crippen MR) is 291 cm³/mol. The van der Waals surface area contributed by atoms with Crippen molar-refractivity contribution < 1.29 is 56.4 Å². The quantitative estimate of drug-likeness (QED) is 0.0511. The van der Waals surface area contributed by atoms with Crippen LogP contribution in [-0.4, -0.2) is 180 Å². The summed E-state index contributed by atoms with van der Waals surface area (Å²) in [6.45, 7) is 5.93. The van der Waals surface area contributed by atoms with E-state index in [0.29, 0.717) is 87.7 Å². The predicted octanol–water partition coefficient (Wildman–Crippen LogP) is 7.15. The van der Waals surface area contributed by atoms with Crippen LogP contribution < -0.4 is 10.6 Å². The molecule has 4 N–H and O–H groups in total. The topological polar surface area (TPSA) is 215 Å². The van der Waals surface area contributed by atoms with Crippen molar-refractivity contribution in [3.63, 3.8) is 0 Å². The number of likely N-dealkylation sites (N-methyl/N-ethyl adjacent to an activating group) is 2. The summed E-state index contributed by atoms with van der Waals surface area (Å²) in [6, 6.07) is 6.36. The molecule has 0 saturated carbocycles. The summed E-state index contributed by atoms with van der Waals surface area (Å²) >= 11 is 12.6. The number of piperidine rings is 2. The number of hydrogen-bond donors (Lipinski definition) is 4. The third-order valence-corrected chi connectivity index (χ3v) is 15.4. The summed E-state index contributed by atoms with van der Waals surface area (Å²) in [6.07, 6.45) is 1.70. The van der Waals surface area contributed by atoms with E-state index in [1.807, 2.05) is 15.2 Å². The highest BCUT2D eigenvalue weighted by Gasteiger charge is 2.39. The molecule has 4 aromatic rings. The van der Waals surface area contributed by atoms with E-state index in [0.717, 1.165) is 6.07 Å². The molecule has 4 aliphatic rings. The van der Waals surface area contributed by atoms with Crippen molar-refractivity contribution in [3.05, 3.63) is 124 Å². The normalized spacial score (nSPS) is 22.0. The molecule has 0 amide bonds. The largest absolute Gasteiger partial charge is 0.480 e. The molecule has 2 aromatic carbocycles. The molecule has 420 valence electrons. The number of alkyl halides is 2. The first-order chi connectivity index (χ1) is 37.3. The summed E-state index contributed by atoms with van der Waals surface area (Å²) in [7, 11) is 3.39. The van der Waals surface area contributed by atoms with Crippen molar-refractivity contribution in [2.75, 3.05) is 92.8 Å². The van der Waals surface area contributed by atoms with Gasteiger partial charge in [-0.2, -0.15) is 0 Å². The van der Waals surface area contributed by atoms with Crippen LogP contribution in [0.5, 0.6) is 0 Å². The Bertz CT molecular complexity index is 2710. The molecule has 26 heteroatoms. The number of aliphatic carboxylic acids is 2. The minimum absolute atomic E-state index is 0.0949. The van der Waals surface area contributed by atoms with E-state index in [9.17, 15) is 36.7 Å². The number of rotatable bonds is 20. The van der Waals surface area contributed by atoms with Crippen molar-refractivity contribution >= 4 is 85.8 Å². The van der Waals surface area contributed by atoms with Crippen molar-refractivity contribution in [2.24, 2.45) is 21.8 Å². The third kappa shape index (κ3) is 16.2. The SMILES string of the molecule is CCOC(=O)C1=C(CN2CC(F)CC(CN(C)CC(=O)O)C2)NC(c2nccs2)=NC1c1ccc(F)cc1Br.CCOC(=O)C1=C(CN2CC(F)CC(CN(C)CC(=O)O)C2)NC(c2nccs2)=NC1c1ccc(F)cc1Cl. The molecule has 18 nitrogen and oxygen atoms in total. The lowest BCUT2D eigenvalue weighted by Gasteiger charge is -2.38. The zero-order valence-corrected chi connectivity index (χ0v) is 47.1. The number of amidine groups is 2. The number of ether oxygens (including phenoxy) is 2. The number of nitrogens with zero attached hydrogens (tertiary/aromatic N) is 8. The van der Waals surface area contributed by atoms with E-state index in [1.165, 1.54) is 46.9 Å². The van der Waals surface area contributed by atoms with E-state index in [4.69, 9.17) is 41.3 Å².